The number of halogens is 1. The molecule has 150 valence electrons. The Bertz CT molecular complexity index is 1110. The quantitative estimate of drug-likeness (QED) is 0.318. The second-order valence-electron chi connectivity index (χ2n) is 5.76. The zero-order valence-corrected chi connectivity index (χ0v) is 17.1. The summed E-state index contributed by atoms with van der Waals surface area (Å²) in [6.07, 6.45) is 1.44. The van der Waals surface area contributed by atoms with Gasteiger partial charge in [0.1, 0.15) is 5.58 Å². The highest BCUT2D eigenvalue weighted by Gasteiger charge is 2.15. The van der Waals surface area contributed by atoms with Crippen LogP contribution < -0.4 is 14.9 Å². The summed E-state index contributed by atoms with van der Waals surface area (Å²) >= 11 is 3.42. The van der Waals surface area contributed by atoms with Gasteiger partial charge in [0.2, 0.25) is 0 Å². The average molecular weight is 462 g/mol. The second kappa shape index (κ2) is 8.74. The van der Waals surface area contributed by atoms with Crippen LogP contribution in [0.1, 0.15) is 23.0 Å². The van der Waals surface area contributed by atoms with E-state index in [1.165, 1.54) is 37.6 Å². The number of furan rings is 1. The van der Waals surface area contributed by atoms with Crippen molar-refractivity contribution in [2.75, 3.05) is 13.7 Å². The van der Waals surface area contributed by atoms with E-state index in [0.717, 1.165) is 0 Å². The summed E-state index contributed by atoms with van der Waals surface area (Å²) in [6.45, 7) is 2.35. The normalized spacial score (nSPS) is 11.0. The predicted molar refractivity (Wildman–Crippen MR) is 110 cm³/mol. The monoisotopic (exact) mass is 461 g/mol. The van der Waals surface area contributed by atoms with E-state index in [0.29, 0.717) is 39.1 Å². The Kier molecular flexibility index (Phi) is 6.13. The molecule has 1 aromatic heterocycles. The third-order valence-corrected chi connectivity index (χ3v) is 4.44. The molecule has 0 aliphatic rings. The topological polar surface area (TPSA) is 116 Å². The standard InChI is InChI=1S/C19H16BrN3O6/c1-3-28-18-14(20)6-11(7-16(18)27-2)10-21-22-19(24)17-9-12-8-13(23(25)26)4-5-15(12)29-17/h4-10H,3H2,1-2H3,(H,22,24)/b21-10+. The molecule has 0 radical (unpaired) electrons. The molecule has 0 aliphatic carbocycles. The fraction of sp³-hybridized carbons (Fsp3) is 0.158. The number of rotatable bonds is 7. The van der Waals surface area contributed by atoms with Gasteiger partial charge in [-0.15, -0.1) is 0 Å². The van der Waals surface area contributed by atoms with Crippen LogP contribution in [0.4, 0.5) is 5.69 Å². The Hall–Kier alpha value is -3.40. The minimum absolute atomic E-state index is 0.0110. The first-order chi connectivity index (χ1) is 13.9. The SMILES string of the molecule is CCOc1c(Br)cc(/C=N/NC(=O)c2cc3cc([N+](=O)[O-])ccc3o2)cc1OC. The van der Waals surface area contributed by atoms with Crippen molar-refractivity contribution in [2.45, 2.75) is 6.92 Å². The van der Waals surface area contributed by atoms with Crippen molar-refractivity contribution in [3.63, 3.8) is 0 Å². The lowest BCUT2D eigenvalue weighted by atomic mass is 10.2. The number of nitro groups is 1. The number of non-ortho nitro benzene ring substituents is 1. The number of hydrogen-bond donors (Lipinski definition) is 1. The number of carbonyl (C=O) groups is 1. The number of benzene rings is 2. The first-order valence-electron chi connectivity index (χ1n) is 8.44. The van der Waals surface area contributed by atoms with Crippen LogP contribution in [0.25, 0.3) is 11.0 Å². The van der Waals surface area contributed by atoms with Gasteiger partial charge in [0.25, 0.3) is 5.69 Å². The minimum atomic E-state index is -0.586. The van der Waals surface area contributed by atoms with Gasteiger partial charge in [0.05, 0.1) is 29.3 Å². The third kappa shape index (κ3) is 4.54. The van der Waals surface area contributed by atoms with Crippen molar-refractivity contribution in [1.29, 1.82) is 0 Å². The number of hydrazone groups is 1. The molecule has 29 heavy (non-hydrogen) atoms. The molecule has 1 heterocycles. The lowest BCUT2D eigenvalue weighted by Gasteiger charge is -2.11. The number of carbonyl (C=O) groups excluding carboxylic acids is 1. The largest absolute Gasteiger partial charge is 0.493 e. The highest BCUT2D eigenvalue weighted by atomic mass is 79.9. The molecule has 3 aromatic rings. The number of nitro benzene ring substituents is 1. The lowest BCUT2D eigenvalue weighted by Crippen LogP contribution is -2.16. The molecule has 10 heteroatoms. The van der Waals surface area contributed by atoms with Gasteiger partial charge in [-0.1, -0.05) is 0 Å². The highest BCUT2D eigenvalue weighted by Crippen LogP contribution is 2.36. The van der Waals surface area contributed by atoms with Crippen LogP contribution >= 0.6 is 15.9 Å². The summed E-state index contributed by atoms with van der Waals surface area (Å²) in [6, 6.07) is 8.99. The maximum atomic E-state index is 12.2. The van der Waals surface area contributed by atoms with Crippen LogP contribution in [-0.4, -0.2) is 30.8 Å². The van der Waals surface area contributed by atoms with Gasteiger partial charge in [0, 0.05) is 17.5 Å². The third-order valence-electron chi connectivity index (χ3n) is 3.85. The van der Waals surface area contributed by atoms with Gasteiger partial charge in [-0.2, -0.15) is 5.10 Å². The van der Waals surface area contributed by atoms with Crippen molar-refractivity contribution in [3.8, 4) is 11.5 Å². The van der Waals surface area contributed by atoms with E-state index in [2.05, 4.69) is 26.5 Å². The fourth-order valence-electron chi connectivity index (χ4n) is 2.58. The Morgan fingerprint density at radius 3 is 2.83 bits per heavy atom. The molecule has 3 rings (SSSR count). The Morgan fingerprint density at radius 1 is 1.34 bits per heavy atom. The van der Waals surface area contributed by atoms with Crippen LogP contribution in [0.15, 0.2) is 50.4 Å². The Balaban J connectivity index is 1.75. The molecular formula is C19H16BrN3O6. The molecule has 0 unspecified atom stereocenters. The van der Waals surface area contributed by atoms with Gasteiger partial charge >= 0.3 is 5.91 Å². The molecule has 2 aromatic carbocycles. The summed E-state index contributed by atoms with van der Waals surface area (Å²) in [5, 5.41) is 15.2. The van der Waals surface area contributed by atoms with E-state index in [4.69, 9.17) is 13.9 Å². The van der Waals surface area contributed by atoms with Gasteiger partial charge in [0.15, 0.2) is 17.3 Å². The number of ether oxygens (including phenoxy) is 2. The number of methoxy groups -OCH3 is 1. The van der Waals surface area contributed by atoms with Gasteiger partial charge < -0.3 is 13.9 Å². The molecule has 1 N–H and O–H groups in total. The maximum absolute atomic E-state index is 12.2. The molecule has 0 saturated carbocycles. The molecule has 0 saturated heterocycles. The molecule has 9 nitrogen and oxygen atoms in total. The van der Waals surface area contributed by atoms with Crippen LogP contribution in [-0.2, 0) is 0 Å². The smallest absolute Gasteiger partial charge is 0.307 e. The molecule has 0 fully saturated rings. The highest BCUT2D eigenvalue weighted by molar-refractivity contribution is 9.10. The minimum Gasteiger partial charge on any atom is -0.493 e. The van der Waals surface area contributed by atoms with E-state index >= 15 is 0 Å². The molecule has 1 amide bonds. The Morgan fingerprint density at radius 2 is 2.14 bits per heavy atom. The van der Waals surface area contributed by atoms with Gasteiger partial charge in [-0.25, -0.2) is 5.43 Å². The zero-order chi connectivity index (χ0) is 21.0. The van der Waals surface area contributed by atoms with Crippen LogP contribution in [0.3, 0.4) is 0 Å². The summed E-state index contributed by atoms with van der Waals surface area (Å²) in [4.78, 5) is 22.6. The Labute approximate surface area is 173 Å². The van der Waals surface area contributed by atoms with E-state index in [1.54, 1.807) is 12.1 Å². The van der Waals surface area contributed by atoms with Crippen molar-refractivity contribution < 1.29 is 23.6 Å². The van der Waals surface area contributed by atoms with E-state index in [9.17, 15) is 14.9 Å². The summed E-state index contributed by atoms with van der Waals surface area (Å²) in [7, 11) is 1.53. The van der Waals surface area contributed by atoms with E-state index < -0.39 is 10.8 Å². The molecular weight excluding hydrogens is 446 g/mol. The molecule has 0 atom stereocenters. The molecule has 0 bridgehead atoms. The maximum Gasteiger partial charge on any atom is 0.307 e. The van der Waals surface area contributed by atoms with Crippen molar-refractivity contribution >= 4 is 44.7 Å². The first kappa shape index (κ1) is 20.3. The predicted octanol–water partition coefficient (Wildman–Crippen LogP) is 4.27. The lowest BCUT2D eigenvalue weighted by molar-refractivity contribution is -0.384. The van der Waals surface area contributed by atoms with Crippen LogP contribution in [0, 0.1) is 10.1 Å². The number of nitrogens with one attached hydrogen (secondary N) is 1. The summed E-state index contributed by atoms with van der Waals surface area (Å²) in [5.41, 5.74) is 3.30. The first-order valence-corrected chi connectivity index (χ1v) is 9.24. The van der Waals surface area contributed by atoms with Crippen LogP contribution in [0.2, 0.25) is 0 Å². The zero-order valence-electron chi connectivity index (χ0n) is 15.5. The summed E-state index contributed by atoms with van der Waals surface area (Å²) < 4.78 is 16.9. The second-order valence-corrected chi connectivity index (χ2v) is 6.61. The van der Waals surface area contributed by atoms with Crippen molar-refractivity contribution in [3.05, 3.63) is 62.3 Å². The fourth-order valence-corrected chi connectivity index (χ4v) is 3.15. The summed E-state index contributed by atoms with van der Waals surface area (Å²) in [5.74, 6) is 0.501. The van der Waals surface area contributed by atoms with E-state index in [-0.39, 0.29) is 11.4 Å². The average Bonchev–Trinajstić information content (AvgIpc) is 3.13. The van der Waals surface area contributed by atoms with Gasteiger partial charge in [-0.3, -0.25) is 14.9 Å². The van der Waals surface area contributed by atoms with Crippen molar-refractivity contribution in [1.82, 2.24) is 5.43 Å². The number of amides is 1. The van der Waals surface area contributed by atoms with E-state index in [1.807, 2.05) is 6.92 Å². The van der Waals surface area contributed by atoms with Crippen molar-refractivity contribution in [2.24, 2.45) is 5.10 Å². The molecule has 0 spiro atoms. The number of fused-ring (bicyclic) bond motifs is 1. The number of hydrogen-bond acceptors (Lipinski definition) is 7. The van der Waals surface area contributed by atoms with Crippen LogP contribution in [0.5, 0.6) is 11.5 Å². The molecule has 0 aliphatic heterocycles. The van der Waals surface area contributed by atoms with Gasteiger partial charge in [-0.05, 0) is 52.7 Å². The number of nitrogens with zero attached hydrogens (tertiary/aromatic N) is 2.